The maximum atomic E-state index is 12.0. The third-order valence-corrected chi connectivity index (χ3v) is 5.82. The van der Waals surface area contributed by atoms with Crippen LogP contribution in [0.5, 0.6) is 0 Å². The van der Waals surface area contributed by atoms with Crippen LogP contribution in [-0.2, 0) is 17.6 Å². The number of fused-ring (bicyclic) bond motifs is 1. The second-order valence-electron chi connectivity index (χ2n) is 7.62. The van der Waals surface area contributed by atoms with E-state index in [-0.39, 0.29) is 12.0 Å². The molecule has 2 aromatic carbocycles. The Kier molecular flexibility index (Phi) is 5.93. The van der Waals surface area contributed by atoms with E-state index in [4.69, 9.17) is 10.5 Å². The minimum atomic E-state index is -0.347. The summed E-state index contributed by atoms with van der Waals surface area (Å²) in [4.78, 5) is 14.3. The van der Waals surface area contributed by atoms with E-state index in [1.165, 1.54) is 16.7 Å². The second-order valence-corrected chi connectivity index (χ2v) is 7.62. The molecule has 2 aliphatic heterocycles. The fourth-order valence-electron chi connectivity index (χ4n) is 4.45. The summed E-state index contributed by atoms with van der Waals surface area (Å²) in [6.07, 6.45) is 4.09. The average molecular weight is 380 g/mol. The summed E-state index contributed by atoms with van der Waals surface area (Å²) in [6.45, 7) is 4.45. The quantitative estimate of drug-likeness (QED) is 0.810. The number of nitrogens with one attached hydrogen (secondary N) is 1. The Bertz CT molecular complexity index is 830. The fourth-order valence-corrected chi connectivity index (χ4v) is 4.45. The Morgan fingerprint density at radius 2 is 1.96 bits per heavy atom. The molecule has 28 heavy (non-hydrogen) atoms. The van der Waals surface area contributed by atoms with Gasteiger partial charge in [-0.25, -0.2) is 0 Å². The monoisotopic (exact) mass is 379 g/mol. The van der Waals surface area contributed by atoms with E-state index >= 15 is 0 Å². The van der Waals surface area contributed by atoms with Crippen molar-refractivity contribution in [2.75, 3.05) is 37.7 Å². The van der Waals surface area contributed by atoms with Crippen molar-refractivity contribution in [3.8, 4) is 0 Å². The predicted molar refractivity (Wildman–Crippen MR) is 112 cm³/mol. The highest BCUT2D eigenvalue weighted by molar-refractivity contribution is 5.99. The first-order valence-electron chi connectivity index (χ1n) is 10.3. The zero-order valence-electron chi connectivity index (χ0n) is 16.3. The number of piperazine rings is 1. The third-order valence-electron chi connectivity index (χ3n) is 5.82. The van der Waals surface area contributed by atoms with Crippen LogP contribution in [0, 0.1) is 0 Å². The SMILES string of the molecule is NC(=O)c1cccc(CCCC2OCCc3ccccc32)c1N1CCNCC1. The van der Waals surface area contributed by atoms with Gasteiger partial charge < -0.3 is 20.7 Å². The van der Waals surface area contributed by atoms with Crippen molar-refractivity contribution in [1.82, 2.24) is 5.32 Å². The molecular formula is C23H29N3O2. The van der Waals surface area contributed by atoms with Crippen molar-refractivity contribution in [2.24, 2.45) is 5.73 Å². The van der Waals surface area contributed by atoms with E-state index in [1.54, 1.807) is 0 Å². The number of carbonyl (C=O) groups is 1. The summed E-state index contributed by atoms with van der Waals surface area (Å²) in [5.41, 5.74) is 11.3. The van der Waals surface area contributed by atoms with Crippen LogP contribution in [0.3, 0.4) is 0 Å². The van der Waals surface area contributed by atoms with Crippen LogP contribution in [0.15, 0.2) is 42.5 Å². The number of amides is 1. The Hall–Kier alpha value is -2.37. The third kappa shape index (κ3) is 4.05. The number of ether oxygens (including phenoxy) is 1. The second kappa shape index (κ2) is 8.76. The number of hydrogen-bond acceptors (Lipinski definition) is 4. The molecule has 1 amide bonds. The van der Waals surface area contributed by atoms with Gasteiger partial charge in [0.05, 0.1) is 24.0 Å². The molecule has 2 heterocycles. The van der Waals surface area contributed by atoms with Crippen LogP contribution in [-0.4, -0.2) is 38.7 Å². The lowest BCUT2D eigenvalue weighted by atomic mass is 9.93. The molecule has 1 unspecified atom stereocenters. The molecule has 1 atom stereocenters. The van der Waals surface area contributed by atoms with Gasteiger partial charge in [0.1, 0.15) is 0 Å². The zero-order valence-corrected chi connectivity index (χ0v) is 16.3. The first-order valence-corrected chi connectivity index (χ1v) is 10.3. The van der Waals surface area contributed by atoms with Crippen LogP contribution >= 0.6 is 0 Å². The summed E-state index contributed by atoms with van der Waals surface area (Å²) in [7, 11) is 0. The molecule has 5 heteroatoms. The summed E-state index contributed by atoms with van der Waals surface area (Å²) < 4.78 is 6.06. The van der Waals surface area contributed by atoms with Crippen LogP contribution in [0.2, 0.25) is 0 Å². The molecule has 2 aliphatic rings. The highest BCUT2D eigenvalue weighted by Gasteiger charge is 2.22. The van der Waals surface area contributed by atoms with Gasteiger partial charge in [-0.3, -0.25) is 4.79 Å². The normalized spacial score (nSPS) is 19.3. The molecule has 0 saturated carbocycles. The Balaban J connectivity index is 1.49. The number of benzene rings is 2. The minimum absolute atomic E-state index is 0.173. The minimum Gasteiger partial charge on any atom is -0.373 e. The Labute approximate surface area is 166 Å². The molecule has 1 fully saturated rings. The van der Waals surface area contributed by atoms with Crippen LogP contribution in [0.4, 0.5) is 5.69 Å². The molecule has 1 saturated heterocycles. The molecule has 4 rings (SSSR count). The molecular weight excluding hydrogens is 350 g/mol. The highest BCUT2D eigenvalue weighted by atomic mass is 16.5. The van der Waals surface area contributed by atoms with Gasteiger partial charge in [-0.05, 0) is 48.4 Å². The van der Waals surface area contributed by atoms with Gasteiger partial charge in [0.15, 0.2) is 0 Å². The molecule has 0 aliphatic carbocycles. The highest BCUT2D eigenvalue weighted by Crippen LogP contribution is 2.32. The smallest absolute Gasteiger partial charge is 0.250 e. The van der Waals surface area contributed by atoms with Crippen LogP contribution in [0.1, 0.15) is 46.0 Å². The molecule has 0 aromatic heterocycles. The number of aryl methyl sites for hydroxylation is 1. The first-order chi connectivity index (χ1) is 13.7. The maximum Gasteiger partial charge on any atom is 0.250 e. The van der Waals surface area contributed by atoms with E-state index in [9.17, 15) is 4.79 Å². The largest absolute Gasteiger partial charge is 0.373 e. The van der Waals surface area contributed by atoms with Crippen molar-refractivity contribution in [3.63, 3.8) is 0 Å². The lowest BCUT2D eigenvalue weighted by Crippen LogP contribution is -2.44. The number of primary amides is 1. The standard InChI is InChI=1S/C23H29N3O2/c24-23(27)20-9-3-6-18(22(20)26-14-12-25-13-15-26)7-4-10-21-19-8-2-1-5-17(19)11-16-28-21/h1-3,5-6,8-9,21,25H,4,7,10-16H2,(H2,24,27). The van der Waals surface area contributed by atoms with E-state index < -0.39 is 0 Å². The number of rotatable bonds is 6. The van der Waals surface area contributed by atoms with Crippen LogP contribution in [0.25, 0.3) is 0 Å². The molecule has 148 valence electrons. The van der Waals surface area contributed by atoms with Gasteiger partial charge in [-0.2, -0.15) is 0 Å². The number of anilines is 1. The van der Waals surface area contributed by atoms with Crippen molar-refractivity contribution < 1.29 is 9.53 Å². The summed E-state index contributed by atoms with van der Waals surface area (Å²) in [6, 6.07) is 14.6. The van der Waals surface area contributed by atoms with Gasteiger partial charge in [0.2, 0.25) is 0 Å². The molecule has 0 bridgehead atoms. The van der Waals surface area contributed by atoms with Gasteiger partial charge >= 0.3 is 0 Å². The van der Waals surface area contributed by atoms with Gasteiger partial charge in [0, 0.05) is 26.2 Å². The maximum absolute atomic E-state index is 12.0. The number of para-hydroxylation sites is 1. The van der Waals surface area contributed by atoms with Gasteiger partial charge in [-0.15, -0.1) is 0 Å². The lowest BCUT2D eigenvalue weighted by molar-refractivity contribution is 0.0353. The van der Waals surface area contributed by atoms with Crippen molar-refractivity contribution in [1.29, 1.82) is 0 Å². The molecule has 2 aromatic rings. The Morgan fingerprint density at radius 3 is 2.79 bits per heavy atom. The van der Waals surface area contributed by atoms with E-state index in [2.05, 4.69) is 40.5 Å². The number of nitrogens with two attached hydrogens (primary N) is 1. The summed E-state index contributed by atoms with van der Waals surface area (Å²) in [5.74, 6) is -0.347. The molecule has 5 nitrogen and oxygen atoms in total. The average Bonchev–Trinajstić information content (AvgIpc) is 2.74. The van der Waals surface area contributed by atoms with Crippen molar-refractivity contribution in [2.45, 2.75) is 31.8 Å². The van der Waals surface area contributed by atoms with E-state index in [0.717, 1.165) is 64.2 Å². The van der Waals surface area contributed by atoms with Crippen molar-refractivity contribution >= 4 is 11.6 Å². The van der Waals surface area contributed by atoms with Crippen LogP contribution < -0.4 is 16.0 Å². The molecule has 0 radical (unpaired) electrons. The fraction of sp³-hybridized carbons (Fsp3) is 0.435. The Morgan fingerprint density at radius 1 is 1.14 bits per heavy atom. The topological polar surface area (TPSA) is 67.6 Å². The van der Waals surface area contributed by atoms with E-state index in [0.29, 0.717) is 5.56 Å². The molecule has 3 N–H and O–H groups in total. The van der Waals surface area contributed by atoms with Gasteiger partial charge in [0.25, 0.3) is 5.91 Å². The molecule has 0 spiro atoms. The first kappa shape index (κ1) is 19.0. The number of carbonyl (C=O) groups excluding carboxylic acids is 1. The number of hydrogen-bond donors (Lipinski definition) is 2. The zero-order chi connectivity index (χ0) is 19.3. The van der Waals surface area contributed by atoms with Gasteiger partial charge in [-0.1, -0.05) is 36.4 Å². The summed E-state index contributed by atoms with van der Waals surface area (Å²) in [5, 5.41) is 3.37. The van der Waals surface area contributed by atoms with E-state index in [1.807, 2.05) is 12.1 Å². The lowest BCUT2D eigenvalue weighted by Gasteiger charge is -2.32. The predicted octanol–water partition coefficient (Wildman–Crippen LogP) is 2.83. The number of nitrogens with zero attached hydrogens (tertiary/aromatic N) is 1. The van der Waals surface area contributed by atoms with Crippen molar-refractivity contribution in [3.05, 3.63) is 64.7 Å². The summed E-state index contributed by atoms with van der Waals surface area (Å²) >= 11 is 0.